The van der Waals surface area contributed by atoms with Gasteiger partial charge in [0, 0.05) is 0 Å². The second kappa shape index (κ2) is 7.00. The molecule has 3 atom stereocenters. The minimum atomic E-state index is -1.35. The van der Waals surface area contributed by atoms with Gasteiger partial charge in [-0.15, -0.1) is 0 Å². The molecule has 0 rings (SSSR count). The number of hydrogen-bond donors (Lipinski definition) is 0. The average Bonchev–Trinajstić information content (AvgIpc) is 2.36. The first-order chi connectivity index (χ1) is 8.34. The van der Waals surface area contributed by atoms with E-state index < -0.39 is 29.2 Å². The Morgan fingerprint density at radius 1 is 1.22 bits per heavy atom. The Kier molecular flexibility index (Phi) is 6.39. The van der Waals surface area contributed by atoms with Gasteiger partial charge in [0.05, 0.1) is 25.2 Å². The standard InChI is InChI=1S/C13H21NO4/c1-6-17-11(15)9(3)10(4)13(5,8-14)12(16)18-7-2/h9-10H,6-7H2,1-5H3/t9?,10-,13?/m0/s1. The maximum Gasteiger partial charge on any atom is 0.326 e. The minimum Gasteiger partial charge on any atom is -0.466 e. The van der Waals surface area contributed by atoms with Crippen molar-refractivity contribution in [3.63, 3.8) is 0 Å². The van der Waals surface area contributed by atoms with Crippen LogP contribution in [0.25, 0.3) is 0 Å². The predicted molar refractivity (Wildman–Crippen MR) is 65.3 cm³/mol. The first kappa shape index (κ1) is 16.4. The van der Waals surface area contributed by atoms with Crippen LogP contribution >= 0.6 is 0 Å². The molecular formula is C13H21NO4. The number of carbonyl (C=O) groups is 2. The third-order valence-electron chi connectivity index (χ3n) is 3.25. The lowest BCUT2D eigenvalue weighted by Crippen LogP contribution is -2.40. The molecule has 5 nitrogen and oxygen atoms in total. The van der Waals surface area contributed by atoms with Gasteiger partial charge in [-0.05, 0) is 26.7 Å². The Bertz CT molecular complexity index is 347. The quantitative estimate of drug-likeness (QED) is 0.678. The maximum absolute atomic E-state index is 11.8. The molecule has 18 heavy (non-hydrogen) atoms. The van der Waals surface area contributed by atoms with Crippen LogP contribution in [0, 0.1) is 28.6 Å². The van der Waals surface area contributed by atoms with Gasteiger partial charge in [-0.25, -0.2) is 0 Å². The first-order valence-electron chi connectivity index (χ1n) is 6.10. The van der Waals surface area contributed by atoms with Crippen molar-refractivity contribution in [1.82, 2.24) is 0 Å². The van der Waals surface area contributed by atoms with Crippen LogP contribution in [0.5, 0.6) is 0 Å². The van der Waals surface area contributed by atoms with Gasteiger partial charge in [0.25, 0.3) is 0 Å². The first-order valence-corrected chi connectivity index (χ1v) is 6.10. The van der Waals surface area contributed by atoms with Crippen molar-refractivity contribution in [2.45, 2.75) is 34.6 Å². The normalized spacial score (nSPS) is 16.9. The molecule has 102 valence electrons. The number of hydrogen-bond acceptors (Lipinski definition) is 5. The molecule has 0 fully saturated rings. The molecule has 0 aromatic heterocycles. The molecule has 0 saturated heterocycles. The van der Waals surface area contributed by atoms with Crippen LogP contribution in [0.3, 0.4) is 0 Å². The van der Waals surface area contributed by atoms with Gasteiger partial charge in [0.15, 0.2) is 5.41 Å². The van der Waals surface area contributed by atoms with Crippen molar-refractivity contribution in [3.8, 4) is 6.07 Å². The number of ether oxygens (including phenoxy) is 2. The average molecular weight is 255 g/mol. The molecule has 0 heterocycles. The number of nitrogens with zero attached hydrogens (tertiary/aromatic N) is 1. The van der Waals surface area contributed by atoms with Crippen LogP contribution in [-0.4, -0.2) is 25.2 Å². The second-order valence-corrected chi connectivity index (χ2v) is 4.36. The summed E-state index contributed by atoms with van der Waals surface area (Å²) in [7, 11) is 0. The summed E-state index contributed by atoms with van der Waals surface area (Å²) in [5, 5.41) is 9.21. The fourth-order valence-electron chi connectivity index (χ4n) is 1.59. The molecule has 0 aliphatic heterocycles. The Labute approximate surface area is 108 Å². The molecular weight excluding hydrogens is 234 g/mol. The molecule has 0 aromatic rings. The fraction of sp³-hybridized carbons (Fsp3) is 0.769. The van der Waals surface area contributed by atoms with Crippen LogP contribution in [0.1, 0.15) is 34.6 Å². The van der Waals surface area contributed by atoms with Gasteiger partial charge < -0.3 is 9.47 Å². The van der Waals surface area contributed by atoms with Crippen LogP contribution in [0.2, 0.25) is 0 Å². The highest BCUT2D eigenvalue weighted by atomic mass is 16.5. The third kappa shape index (κ3) is 3.46. The van der Waals surface area contributed by atoms with E-state index in [0.717, 1.165) is 0 Å². The highest BCUT2D eigenvalue weighted by molar-refractivity contribution is 5.81. The summed E-state index contributed by atoms with van der Waals surface area (Å²) in [5.41, 5.74) is -1.35. The van der Waals surface area contributed by atoms with E-state index in [-0.39, 0.29) is 13.2 Å². The molecule has 0 bridgehead atoms. The van der Waals surface area contributed by atoms with E-state index in [2.05, 4.69) is 0 Å². The molecule has 0 radical (unpaired) electrons. The van der Waals surface area contributed by atoms with E-state index in [1.54, 1.807) is 27.7 Å². The van der Waals surface area contributed by atoms with Gasteiger partial charge in [0.2, 0.25) is 0 Å². The lowest BCUT2D eigenvalue weighted by atomic mass is 9.73. The summed E-state index contributed by atoms with van der Waals surface area (Å²) in [5.74, 6) is -2.04. The van der Waals surface area contributed by atoms with E-state index in [9.17, 15) is 14.9 Å². The van der Waals surface area contributed by atoms with Crippen LogP contribution in [0.4, 0.5) is 0 Å². The van der Waals surface area contributed by atoms with Crippen molar-refractivity contribution >= 4 is 11.9 Å². The zero-order chi connectivity index (χ0) is 14.3. The van der Waals surface area contributed by atoms with Gasteiger partial charge in [0.1, 0.15) is 0 Å². The van der Waals surface area contributed by atoms with Crippen LogP contribution < -0.4 is 0 Å². The monoisotopic (exact) mass is 255 g/mol. The Morgan fingerprint density at radius 2 is 1.72 bits per heavy atom. The van der Waals surface area contributed by atoms with Gasteiger partial charge in [-0.1, -0.05) is 13.8 Å². The number of esters is 2. The summed E-state index contributed by atoms with van der Waals surface area (Å²) in [6.45, 7) is 8.69. The lowest BCUT2D eigenvalue weighted by molar-refractivity contribution is -0.158. The SMILES string of the molecule is CCOC(=O)C(C)[C@H](C)C(C)(C#N)C(=O)OCC. The van der Waals surface area contributed by atoms with Crippen LogP contribution in [-0.2, 0) is 19.1 Å². The molecule has 5 heteroatoms. The fourth-order valence-corrected chi connectivity index (χ4v) is 1.59. The highest BCUT2D eigenvalue weighted by Crippen LogP contribution is 2.34. The zero-order valence-corrected chi connectivity index (χ0v) is 11.6. The molecule has 0 amide bonds. The Morgan fingerprint density at radius 3 is 2.11 bits per heavy atom. The van der Waals surface area contributed by atoms with Crippen molar-refractivity contribution < 1.29 is 19.1 Å². The van der Waals surface area contributed by atoms with Crippen molar-refractivity contribution in [2.75, 3.05) is 13.2 Å². The summed E-state index contributed by atoms with van der Waals surface area (Å²) in [4.78, 5) is 23.5. The number of carbonyl (C=O) groups excluding carboxylic acids is 2. The molecule has 0 spiro atoms. The second-order valence-electron chi connectivity index (χ2n) is 4.36. The van der Waals surface area contributed by atoms with Crippen molar-refractivity contribution in [1.29, 1.82) is 5.26 Å². The topological polar surface area (TPSA) is 76.4 Å². The smallest absolute Gasteiger partial charge is 0.326 e. The summed E-state index contributed by atoms with van der Waals surface area (Å²) < 4.78 is 9.80. The van der Waals surface area contributed by atoms with Crippen molar-refractivity contribution in [3.05, 3.63) is 0 Å². The third-order valence-corrected chi connectivity index (χ3v) is 3.25. The Balaban J connectivity index is 5.01. The summed E-state index contributed by atoms with van der Waals surface area (Å²) >= 11 is 0. The van der Waals surface area contributed by atoms with Gasteiger partial charge in [-0.3, -0.25) is 9.59 Å². The van der Waals surface area contributed by atoms with Crippen molar-refractivity contribution in [2.24, 2.45) is 17.3 Å². The van der Waals surface area contributed by atoms with Crippen LogP contribution in [0.15, 0.2) is 0 Å². The van der Waals surface area contributed by atoms with E-state index in [1.165, 1.54) is 6.92 Å². The molecule has 0 aromatic carbocycles. The van der Waals surface area contributed by atoms with Gasteiger partial charge in [-0.2, -0.15) is 5.26 Å². The molecule has 0 N–H and O–H groups in total. The lowest BCUT2D eigenvalue weighted by Gasteiger charge is -2.29. The minimum absolute atomic E-state index is 0.205. The van der Waals surface area contributed by atoms with Gasteiger partial charge >= 0.3 is 11.9 Å². The number of nitriles is 1. The highest BCUT2D eigenvalue weighted by Gasteiger charge is 2.45. The summed E-state index contributed by atoms with van der Waals surface area (Å²) in [6.07, 6.45) is 0. The molecule has 0 aliphatic rings. The Hall–Kier alpha value is -1.57. The molecule has 0 aliphatic carbocycles. The predicted octanol–water partition coefficient (Wildman–Crippen LogP) is 1.91. The van der Waals surface area contributed by atoms with E-state index in [1.807, 2.05) is 6.07 Å². The van der Waals surface area contributed by atoms with E-state index in [4.69, 9.17) is 9.47 Å². The van der Waals surface area contributed by atoms with E-state index >= 15 is 0 Å². The number of rotatable bonds is 6. The zero-order valence-electron chi connectivity index (χ0n) is 11.6. The maximum atomic E-state index is 11.8. The van der Waals surface area contributed by atoms with E-state index in [0.29, 0.717) is 0 Å². The largest absolute Gasteiger partial charge is 0.466 e. The summed E-state index contributed by atoms with van der Waals surface area (Å²) in [6, 6.07) is 1.96. The molecule has 0 saturated carbocycles. The molecule has 2 unspecified atom stereocenters.